The lowest BCUT2D eigenvalue weighted by atomic mass is 10.7. The van der Waals surface area contributed by atoms with Gasteiger partial charge >= 0.3 is 0 Å². The standard InChI is InChI=1S/C6H8NO2/c1-6(8)9-7-4-2-3-5-7/h2-6,8H,1H2. The summed E-state index contributed by atoms with van der Waals surface area (Å²) in [4.78, 5) is 4.72. The van der Waals surface area contributed by atoms with Crippen LogP contribution in [0.2, 0.25) is 0 Å². The average Bonchev–Trinajstić information content (AvgIpc) is 2.15. The fraction of sp³-hybridized carbons (Fsp3) is 0.167. The fourth-order valence-corrected chi connectivity index (χ4v) is 0.529. The van der Waals surface area contributed by atoms with E-state index in [-0.39, 0.29) is 0 Å². The summed E-state index contributed by atoms with van der Waals surface area (Å²) in [5, 5.41) is 8.57. The predicted octanol–water partition coefficient (Wildman–Crippen LogP) is 0.0692. The van der Waals surface area contributed by atoms with Gasteiger partial charge in [0.15, 0.2) is 0 Å². The molecule has 1 radical (unpaired) electrons. The van der Waals surface area contributed by atoms with Gasteiger partial charge < -0.3 is 9.94 Å². The van der Waals surface area contributed by atoms with E-state index in [9.17, 15) is 0 Å². The predicted molar refractivity (Wildman–Crippen MR) is 32.4 cm³/mol. The van der Waals surface area contributed by atoms with Crippen LogP contribution in [0.3, 0.4) is 0 Å². The second-order valence-electron chi connectivity index (χ2n) is 1.60. The van der Waals surface area contributed by atoms with Crippen LogP contribution in [0.25, 0.3) is 0 Å². The molecule has 1 aromatic rings. The molecule has 0 aromatic carbocycles. The van der Waals surface area contributed by atoms with Crippen molar-refractivity contribution in [3.05, 3.63) is 31.5 Å². The number of aliphatic hydroxyl groups excluding tert-OH is 1. The lowest BCUT2D eigenvalue weighted by Gasteiger charge is -2.06. The van der Waals surface area contributed by atoms with Gasteiger partial charge in [0.1, 0.15) is 0 Å². The molecule has 1 rings (SSSR count). The van der Waals surface area contributed by atoms with E-state index >= 15 is 0 Å². The Balaban J connectivity index is 2.48. The molecule has 0 saturated heterocycles. The largest absolute Gasteiger partial charge is 0.383 e. The van der Waals surface area contributed by atoms with Gasteiger partial charge in [-0.15, -0.1) is 0 Å². The molecule has 0 saturated carbocycles. The van der Waals surface area contributed by atoms with Gasteiger partial charge in [-0.05, 0) is 12.1 Å². The van der Waals surface area contributed by atoms with E-state index in [1.807, 2.05) is 0 Å². The molecule has 1 heterocycles. The van der Waals surface area contributed by atoms with Crippen LogP contribution in [0.4, 0.5) is 0 Å². The minimum absolute atomic E-state index is 1.00. The van der Waals surface area contributed by atoms with Crippen LogP contribution >= 0.6 is 0 Å². The summed E-state index contributed by atoms with van der Waals surface area (Å²) in [5.41, 5.74) is 0. The van der Waals surface area contributed by atoms with E-state index in [4.69, 9.17) is 9.94 Å². The molecule has 1 atom stereocenters. The van der Waals surface area contributed by atoms with E-state index in [0.717, 1.165) is 0 Å². The molecule has 0 aliphatic rings. The highest BCUT2D eigenvalue weighted by atomic mass is 16.7. The molecule has 0 amide bonds. The summed E-state index contributed by atoms with van der Waals surface area (Å²) in [6.07, 6.45) is 2.35. The van der Waals surface area contributed by atoms with Crippen molar-refractivity contribution in [2.24, 2.45) is 0 Å². The van der Waals surface area contributed by atoms with Crippen molar-refractivity contribution >= 4 is 0 Å². The van der Waals surface area contributed by atoms with Crippen LogP contribution in [0.1, 0.15) is 0 Å². The Morgan fingerprint density at radius 2 is 2.00 bits per heavy atom. The number of hydrogen-bond donors (Lipinski definition) is 1. The molecule has 3 nitrogen and oxygen atoms in total. The van der Waals surface area contributed by atoms with Gasteiger partial charge in [0.2, 0.25) is 6.29 Å². The molecule has 0 aliphatic carbocycles. The highest BCUT2D eigenvalue weighted by Gasteiger charge is 1.92. The van der Waals surface area contributed by atoms with Crippen LogP contribution in [0.5, 0.6) is 0 Å². The Bertz CT molecular complexity index is 158. The van der Waals surface area contributed by atoms with Gasteiger partial charge in [0.25, 0.3) is 0 Å². The summed E-state index contributed by atoms with van der Waals surface area (Å²) >= 11 is 0. The van der Waals surface area contributed by atoms with E-state index in [1.165, 1.54) is 4.73 Å². The van der Waals surface area contributed by atoms with Crippen LogP contribution in [-0.4, -0.2) is 16.1 Å². The molecule has 1 unspecified atom stereocenters. The fourth-order valence-electron chi connectivity index (χ4n) is 0.529. The molecular weight excluding hydrogens is 118 g/mol. The summed E-state index contributed by atoms with van der Waals surface area (Å²) in [6, 6.07) is 3.59. The summed E-state index contributed by atoms with van der Waals surface area (Å²) in [7, 11) is 0. The summed E-state index contributed by atoms with van der Waals surface area (Å²) in [5.74, 6) is 0. The lowest BCUT2D eigenvalue weighted by molar-refractivity contribution is -0.0725. The summed E-state index contributed by atoms with van der Waals surface area (Å²) < 4.78 is 1.39. The first-order valence-corrected chi connectivity index (χ1v) is 2.60. The highest BCUT2D eigenvalue weighted by molar-refractivity contribution is 4.87. The molecule has 9 heavy (non-hydrogen) atoms. The SMILES string of the molecule is [CH2]C(O)On1cccc1. The minimum atomic E-state index is -1.00. The molecular formula is C6H8NO2. The van der Waals surface area contributed by atoms with Crippen LogP contribution in [-0.2, 0) is 0 Å². The molecule has 49 valence electrons. The first-order chi connectivity index (χ1) is 4.29. The maximum atomic E-state index is 8.57. The zero-order valence-electron chi connectivity index (χ0n) is 4.90. The second-order valence-corrected chi connectivity index (χ2v) is 1.60. The molecule has 0 bridgehead atoms. The number of nitrogens with zero attached hydrogens (tertiary/aromatic N) is 1. The van der Waals surface area contributed by atoms with Crippen LogP contribution < -0.4 is 4.84 Å². The second kappa shape index (κ2) is 2.55. The maximum absolute atomic E-state index is 8.57. The number of hydrogen-bond acceptors (Lipinski definition) is 2. The number of aromatic nitrogens is 1. The molecule has 1 N–H and O–H groups in total. The quantitative estimate of drug-likeness (QED) is 0.569. The van der Waals surface area contributed by atoms with Gasteiger partial charge in [-0.1, -0.05) is 0 Å². The third-order valence-electron chi connectivity index (χ3n) is 0.820. The smallest absolute Gasteiger partial charge is 0.222 e. The average molecular weight is 126 g/mol. The van der Waals surface area contributed by atoms with Crippen molar-refractivity contribution in [1.82, 2.24) is 4.73 Å². The first kappa shape index (κ1) is 6.16. The monoisotopic (exact) mass is 126 g/mol. The van der Waals surface area contributed by atoms with E-state index in [0.29, 0.717) is 0 Å². The van der Waals surface area contributed by atoms with Crippen LogP contribution in [0.15, 0.2) is 24.5 Å². The van der Waals surface area contributed by atoms with E-state index in [2.05, 4.69) is 6.92 Å². The van der Waals surface area contributed by atoms with E-state index in [1.54, 1.807) is 24.5 Å². The lowest BCUT2D eigenvalue weighted by Crippen LogP contribution is -2.19. The van der Waals surface area contributed by atoms with Gasteiger partial charge in [-0.2, -0.15) is 4.73 Å². The van der Waals surface area contributed by atoms with Crippen molar-refractivity contribution in [2.75, 3.05) is 0 Å². The van der Waals surface area contributed by atoms with Gasteiger partial charge in [-0.25, -0.2) is 0 Å². The van der Waals surface area contributed by atoms with E-state index < -0.39 is 6.29 Å². The normalized spacial score (nSPS) is 13.1. The minimum Gasteiger partial charge on any atom is -0.383 e. The third kappa shape index (κ3) is 1.77. The third-order valence-corrected chi connectivity index (χ3v) is 0.820. The van der Waals surface area contributed by atoms with Gasteiger partial charge in [0.05, 0.1) is 0 Å². The van der Waals surface area contributed by atoms with Gasteiger partial charge in [0, 0.05) is 19.3 Å². The Morgan fingerprint density at radius 1 is 1.44 bits per heavy atom. The van der Waals surface area contributed by atoms with Gasteiger partial charge in [-0.3, -0.25) is 0 Å². The Kier molecular flexibility index (Phi) is 1.75. The van der Waals surface area contributed by atoms with Crippen molar-refractivity contribution < 1.29 is 9.94 Å². The van der Waals surface area contributed by atoms with Crippen molar-refractivity contribution in [2.45, 2.75) is 6.29 Å². The van der Waals surface area contributed by atoms with Crippen molar-refractivity contribution in [3.63, 3.8) is 0 Å². The maximum Gasteiger partial charge on any atom is 0.222 e. The Hall–Kier alpha value is -0.960. The zero-order valence-corrected chi connectivity index (χ0v) is 4.90. The molecule has 1 aromatic heterocycles. The van der Waals surface area contributed by atoms with Crippen molar-refractivity contribution in [1.29, 1.82) is 0 Å². The molecule has 0 fully saturated rings. The topological polar surface area (TPSA) is 34.4 Å². The number of aliphatic hydroxyl groups is 1. The van der Waals surface area contributed by atoms with Crippen molar-refractivity contribution in [3.8, 4) is 0 Å². The summed E-state index contributed by atoms with van der Waals surface area (Å²) in [6.45, 7) is 3.23. The first-order valence-electron chi connectivity index (χ1n) is 2.60. The highest BCUT2D eigenvalue weighted by Crippen LogP contribution is 1.86. The number of rotatable bonds is 2. The molecule has 0 spiro atoms. The van der Waals surface area contributed by atoms with Crippen LogP contribution in [0, 0.1) is 6.92 Å². The zero-order chi connectivity index (χ0) is 6.69. The Morgan fingerprint density at radius 3 is 2.44 bits per heavy atom. The molecule has 0 aliphatic heterocycles. The Labute approximate surface area is 53.4 Å². The molecule has 3 heteroatoms.